The highest BCUT2D eigenvalue weighted by Gasteiger charge is 2.40. The lowest BCUT2D eigenvalue weighted by molar-refractivity contribution is -0.220. The molecule has 0 saturated heterocycles. The van der Waals surface area contributed by atoms with Gasteiger partial charge in [0.2, 0.25) is 0 Å². The topological polar surface area (TPSA) is 35.2 Å². The number of hydrogen-bond donors (Lipinski definition) is 1. The first-order valence-corrected chi connectivity index (χ1v) is 5.05. The summed E-state index contributed by atoms with van der Waals surface area (Å²) in [7, 11) is 0. The molecule has 0 bridgehead atoms. The minimum Gasteiger partial charge on any atom is -0.328 e. The molecule has 0 aliphatic heterocycles. The molecule has 0 aromatic heterocycles. The van der Waals surface area contributed by atoms with Gasteiger partial charge in [-0.1, -0.05) is 13.8 Å². The van der Waals surface area contributed by atoms with Gasteiger partial charge >= 0.3 is 6.61 Å². The van der Waals surface area contributed by atoms with Crippen molar-refractivity contribution >= 4 is 0 Å². The molecule has 0 amide bonds. The van der Waals surface area contributed by atoms with Crippen molar-refractivity contribution in [3.63, 3.8) is 0 Å². The summed E-state index contributed by atoms with van der Waals surface area (Å²) in [5, 5.41) is 0. The van der Waals surface area contributed by atoms with Crippen molar-refractivity contribution in [1.82, 2.24) is 0 Å². The van der Waals surface area contributed by atoms with Crippen LogP contribution in [0.2, 0.25) is 0 Å². The Labute approximate surface area is 83.8 Å². The van der Waals surface area contributed by atoms with Crippen LogP contribution in [-0.2, 0) is 4.74 Å². The molecule has 0 aromatic rings. The van der Waals surface area contributed by atoms with Crippen LogP contribution in [0, 0.1) is 5.41 Å². The van der Waals surface area contributed by atoms with E-state index in [2.05, 4.69) is 18.6 Å². The van der Waals surface area contributed by atoms with Gasteiger partial charge < -0.3 is 10.5 Å². The fourth-order valence-corrected chi connectivity index (χ4v) is 1.94. The maximum Gasteiger partial charge on any atom is 0.345 e. The molecule has 1 aliphatic rings. The maximum absolute atomic E-state index is 12.2. The van der Waals surface area contributed by atoms with Crippen LogP contribution in [0.15, 0.2) is 0 Å². The van der Waals surface area contributed by atoms with Crippen molar-refractivity contribution in [2.45, 2.75) is 51.7 Å². The Balaban J connectivity index is 2.57. The Morgan fingerprint density at radius 2 is 1.71 bits per heavy atom. The average molecular weight is 207 g/mol. The minimum absolute atomic E-state index is 0.188. The summed E-state index contributed by atoms with van der Waals surface area (Å²) in [5.74, 6) is 0. The van der Waals surface area contributed by atoms with Crippen molar-refractivity contribution in [3.05, 3.63) is 0 Å². The van der Waals surface area contributed by atoms with E-state index in [1.54, 1.807) is 0 Å². The molecule has 1 aliphatic carbocycles. The van der Waals surface area contributed by atoms with E-state index in [-0.39, 0.29) is 12.0 Å². The SMILES string of the molecule is CC1(C)CCC(CN)(OC(F)F)CC1. The predicted molar refractivity (Wildman–Crippen MR) is 51.1 cm³/mol. The van der Waals surface area contributed by atoms with E-state index >= 15 is 0 Å². The third-order valence-corrected chi connectivity index (χ3v) is 3.23. The van der Waals surface area contributed by atoms with Gasteiger partial charge in [0.05, 0.1) is 5.60 Å². The van der Waals surface area contributed by atoms with Crippen LogP contribution in [0.5, 0.6) is 0 Å². The van der Waals surface area contributed by atoms with Gasteiger partial charge in [-0.15, -0.1) is 0 Å². The lowest BCUT2D eigenvalue weighted by Crippen LogP contribution is -2.46. The summed E-state index contributed by atoms with van der Waals surface area (Å²) in [6.07, 6.45) is 3.08. The van der Waals surface area contributed by atoms with Crippen molar-refractivity contribution in [2.75, 3.05) is 6.54 Å². The molecule has 2 nitrogen and oxygen atoms in total. The third-order valence-electron chi connectivity index (χ3n) is 3.23. The lowest BCUT2D eigenvalue weighted by Gasteiger charge is -2.42. The van der Waals surface area contributed by atoms with Gasteiger partial charge in [-0.3, -0.25) is 0 Å². The molecule has 0 aromatic carbocycles. The van der Waals surface area contributed by atoms with Gasteiger partial charge in [0, 0.05) is 6.54 Å². The molecule has 0 unspecified atom stereocenters. The van der Waals surface area contributed by atoms with E-state index in [1.165, 1.54) is 0 Å². The zero-order chi connectivity index (χ0) is 10.8. The smallest absolute Gasteiger partial charge is 0.328 e. The first-order valence-electron chi connectivity index (χ1n) is 5.05. The Bertz CT molecular complexity index is 185. The Morgan fingerprint density at radius 1 is 1.21 bits per heavy atom. The molecule has 0 heterocycles. The van der Waals surface area contributed by atoms with Crippen LogP contribution < -0.4 is 5.73 Å². The van der Waals surface area contributed by atoms with Gasteiger partial charge in [-0.25, -0.2) is 0 Å². The molecule has 0 spiro atoms. The van der Waals surface area contributed by atoms with E-state index < -0.39 is 12.2 Å². The van der Waals surface area contributed by atoms with Crippen LogP contribution in [0.1, 0.15) is 39.5 Å². The van der Waals surface area contributed by atoms with Crippen molar-refractivity contribution in [1.29, 1.82) is 0 Å². The van der Waals surface area contributed by atoms with Crippen LogP contribution in [-0.4, -0.2) is 18.8 Å². The van der Waals surface area contributed by atoms with Crippen LogP contribution in [0.25, 0.3) is 0 Å². The summed E-state index contributed by atoms with van der Waals surface area (Å²) in [6, 6.07) is 0. The summed E-state index contributed by atoms with van der Waals surface area (Å²) in [4.78, 5) is 0. The first-order chi connectivity index (χ1) is 6.39. The van der Waals surface area contributed by atoms with E-state index in [9.17, 15) is 8.78 Å². The molecule has 84 valence electrons. The van der Waals surface area contributed by atoms with E-state index in [0.29, 0.717) is 12.8 Å². The monoisotopic (exact) mass is 207 g/mol. The quantitative estimate of drug-likeness (QED) is 0.771. The molecule has 14 heavy (non-hydrogen) atoms. The number of nitrogens with two attached hydrogens (primary N) is 1. The predicted octanol–water partition coefficient (Wildman–Crippen LogP) is 2.52. The number of alkyl halides is 2. The summed E-state index contributed by atoms with van der Waals surface area (Å²) >= 11 is 0. The zero-order valence-corrected chi connectivity index (χ0v) is 8.85. The van der Waals surface area contributed by atoms with Crippen LogP contribution in [0.4, 0.5) is 8.78 Å². The fraction of sp³-hybridized carbons (Fsp3) is 1.00. The highest BCUT2D eigenvalue weighted by Crippen LogP contribution is 2.42. The van der Waals surface area contributed by atoms with E-state index in [4.69, 9.17) is 5.73 Å². The summed E-state index contributed by atoms with van der Waals surface area (Å²) in [6.45, 7) is 1.78. The zero-order valence-electron chi connectivity index (χ0n) is 8.85. The second-order valence-electron chi connectivity index (χ2n) is 4.93. The van der Waals surface area contributed by atoms with Gasteiger partial charge in [0.15, 0.2) is 0 Å². The summed E-state index contributed by atoms with van der Waals surface area (Å²) < 4.78 is 29.0. The first kappa shape index (κ1) is 11.9. The second-order valence-corrected chi connectivity index (χ2v) is 4.93. The highest BCUT2D eigenvalue weighted by molar-refractivity contribution is 4.91. The molecule has 1 fully saturated rings. The Morgan fingerprint density at radius 3 is 2.07 bits per heavy atom. The second kappa shape index (κ2) is 4.11. The summed E-state index contributed by atoms with van der Waals surface area (Å²) in [5.41, 5.74) is 4.98. The van der Waals surface area contributed by atoms with Crippen molar-refractivity contribution in [3.8, 4) is 0 Å². The van der Waals surface area contributed by atoms with Gasteiger partial charge in [-0.05, 0) is 31.1 Å². The largest absolute Gasteiger partial charge is 0.345 e. The molecule has 1 saturated carbocycles. The van der Waals surface area contributed by atoms with E-state index in [1.807, 2.05) is 0 Å². The maximum atomic E-state index is 12.2. The van der Waals surface area contributed by atoms with Crippen LogP contribution in [0.3, 0.4) is 0 Å². The third kappa shape index (κ3) is 2.89. The average Bonchev–Trinajstić information content (AvgIpc) is 2.09. The number of rotatable bonds is 3. The van der Waals surface area contributed by atoms with Gasteiger partial charge in [-0.2, -0.15) is 8.78 Å². The van der Waals surface area contributed by atoms with Crippen molar-refractivity contribution < 1.29 is 13.5 Å². The number of ether oxygens (including phenoxy) is 1. The molecule has 1 rings (SSSR count). The van der Waals surface area contributed by atoms with Crippen LogP contribution >= 0.6 is 0 Å². The normalized spacial score (nSPS) is 25.3. The number of halogens is 2. The molecular weight excluding hydrogens is 188 g/mol. The Hall–Kier alpha value is -0.220. The minimum atomic E-state index is -2.71. The standard InChI is InChI=1S/C10H19F2NO/c1-9(2)3-5-10(7-13,6-4-9)14-8(11)12/h8H,3-7,13H2,1-2H3. The van der Waals surface area contributed by atoms with Gasteiger partial charge in [0.25, 0.3) is 0 Å². The molecule has 2 N–H and O–H groups in total. The highest BCUT2D eigenvalue weighted by atomic mass is 19.3. The molecule has 4 heteroatoms. The fourth-order valence-electron chi connectivity index (χ4n) is 1.94. The van der Waals surface area contributed by atoms with Gasteiger partial charge in [0.1, 0.15) is 0 Å². The van der Waals surface area contributed by atoms with Crippen molar-refractivity contribution in [2.24, 2.45) is 11.1 Å². The number of hydrogen-bond acceptors (Lipinski definition) is 2. The lowest BCUT2D eigenvalue weighted by atomic mass is 9.71. The molecular formula is C10H19F2NO. The molecule has 0 radical (unpaired) electrons. The Kier molecular flexibility index (Phi) is 3.48. The van der Waals surface area contributed by atoms with E-state index in [0.717, 1.165) is 12.8 Å². The molecule has 0 atom stereocenters.